The Morgan fingerprint density at radius 1 is 1.33 bits per heavy atom. The summed E-state index contributed by atoms with van der Waals surface area (Å²) >= 11 is 3.37. The third-order valence-corrected chi connectivity index (χ3v) is 3.58. The van der Waals surface area contributed by atoms with E-state index in [1.54, 1.807) is 0 Å². The highest BCUT2D eigenvalue weighted by molar-refractivity contribution is 9.08. The first-order valence-corrected chi connectivity index (χ1v) is 7.27. The molecule has 0 radical (unpaired) electrons. The van der Waals surface area contributed by atoms with Crippen LogP contribution in [0.1, 0.15) is 36.2 Å². The van der Waals surface area contributed by atoms with Gasteiger partial charge < -0.3 is 10.4 Å². The second-order valence-corrected chi connectivity index (χ2v) is 5.23. The average molecular weight is 314 g/mol. The van der Waals surface area contributed by atoms with Crippen LogP contribution in [0.5, 0.6) is 0 Å². The van der Waals surface area contributed by atoms with E-state index in [-0.39, 0.29) is 18.6 Å². The van der Waals surface area contributed by atoms with Gasteiger partial charge in [-0.1, -0.05) is 41.9 Å². The SMILES string of the molecule is CC(C)C(CCO)NC(=O)c1ccc(CBr)cc1. The summed E-state index contributed by atoms with van der Waals surface area (Å²) in [5.41, 5.74) is 1.80. The molecule has 1 aromatic rings. The summed E-state index contributed by atoms with van der Waals surface area (Å²) in [5, 5.41) is 12.7. The fraction of sp³-hybridized carbons (Fsp3) is 0.500. The van der Waals surface area contributed by atoms with Crippen LogP contribution in [0.4, 0.5) is 0 Å². The lowest BCUT2D eigenvalue weighted by atomic mass is 10.0. The highest BCUT2D eigenvalue weighted by Crippen LogP contribution is 2.10. The fourth-order valence-corrected chi connectivity index (χ4v) is 2.08. The largest absolute Gasteiger partial charge is 0.396 e. The van der Waals surface area contributed by atoms with Crippen LogP contribution in [0.15, 0.2) is 24.3 Å². The van der Waals surface area contributed by atoms with E-state index in [2.05, 4.69) is 21.2 Å². The maximum absolute atomic E-state index is 12.0. The molecule has 3 nitrogen and oxygen atoms in total. The molecular weight excluding hydrogens is 294 g/mol. The maximum atomic E-state index is 12.0. The van der Waals surface area contributed by atoms with Gasteiger partial charge in [-0.2, -0.15) is 0 Å². The number of alkyl halides is 1. The first-order chi connectivity index (χ1) is 8.58. The number of aliphatic hydroxyl groups excluding tert-OH is 1. The van der Waals surface area contributed by atoms with Crippen molar-refractivity contribution in [1.82, 2.24) is 5.32 Å². The summed E-state index contributed by atoms with van der Waals surface area (Å²) in [6.45, 7) is 4.16. The third-order valence-electron chi connectivity index (χ3n) is 2.93. The van der Waals surface area contributed by atoms with Crippen LogP contribution >= 0.6 is 15.9 Å². The summed E-state index contributed by atoms with van der Waals surface area (Å²) in [7, 11) is 0. The molecule has 0 spiro atoms. The zero-order valence-electron chi connectivity index (χ0n) is 10.8. The molecule has 18 heavy (non-hydrogen) atoms. The third kappa shape index (κ3) is 4.42. The molecule has 1 unspecified atom stereocenters. The topological polar surface area (TPSA) is 49.3 Å². The molecule has 0 saturated heterocycles. The average Bonchev–Trinajstić information content (AvgIpc) is 2.38. The van der Waals surface area contributed by atoms with Crippen LogP contribution in [-0.2, 0) is 5.33 Å². The summed E-state index contributed by atoms with van der Waals surface area (Å²) in [6, 6.07) is 7.52. The van der Waals surface area contributed by atoms with Gasteiger partial charge in [-0.25, -0.2) is 0 Å². The van der Waals surface area contributed by atoms with Gasteiger partial charge in [0.2, 0.25) is 0 Å². The number of carbonyl (C=O) groups is 1. The van der Waals surface area contributed by atoms with Crippen molar-refractivity contribution in [2.24, 2.45) is 5.92 Å². The van der Waals surface area contributed by atoms with Crippen molar-refractivity contribution in [3.63, 3.8) is 0 Å². The summed E-state index contributed by atoms with van der Waals surface area (Å²) in [5.74, 6) is 0.228. The van der Waals surface area contributed by atoms with E-state index >= 15 is 0 Å². The molecule has 1 atom stereocenters. The molecular formula is C14H20BrNO2. The molecule has 0 aromatic heterocycles. The molecule has 1 rings (SSSR count). The molecule has 0 saturated carbocycles. The molecule has 0 fully saturated rings. The van der Waals surface area contributed by atoms with Crippen LogP contribution < -0.4 is 5.32 Å². The van der Waals surface area contributed by atoms with Crippen molar-refractivity contribution in [3.8, 4) is 0 Å². The van der Waals surface area contributed by atoms with Crippen LogP contribution in [-0.4, -0.2) is 23.7 Å². The number of amides is 1. The van der Waals surface area contributed by atoms with E-state index in [0.29, 0.717) is 17.9 Å². The van der Waals surface area contributed by atoms with Crippen LogP contribution in [0.3, 0.4) is 0 Å². The van der Waals surface area contributed by atoms with E-state index in [1.807, 2.05) is 38.1 Å². The Morgan fingerprint density at radius 2 is 1.94 bits per heavy atom. The summed E-state index contributed by atoms with van der Waals surface area (Å²) in [6.07, 6.45) is 0.586. The van der Waals surface area contributed by atoms with Crippen molar-refractivity contribution in [2.75, 3.05) is 6.61 Å². The minimum Gasteiger partial charge on any atom is -0.396 e. The molecule has 2 N–H and O–H groups in total. The minimum absolute atomic E-state index is 0.0124. The molecule has 4 heteroatoms. The van der Waals surface area contributed by atoms with Gasteiger partial charge in [0, 0.05) is 23.5 Å². The van der Waals surface area contributed by atoms with Gasteiger partial charge in [-0.15, -0.1) is 0 Å². The highest BCUT2D eigenvalue weighted by Gasteiger charge is 2.16. The van der Waals surface area contributed by atoms with Crippen molar-refractivity contribution in [2.45, 2.75) is 31.6 Å². The van der Waals surface area contributed by atoms with Gasteiger partial charge in [-0.05, 0) is 30.0 Å². The number of rotatable bonds is 6. The van der Waals surface area contributed by atoms with Crippen molar-refractivity contribution in [3.05, 3.63) is 35.4 Å². The molecule has 0 aliphatic carbocycles. The van der Waals surface area contributed by atoms with Gasteiger partial charge in [0.05, 0.1) is 0 Å². The standard InChI is InChI=1S/C14H20BrNO2/c1-10(2)13(7-8-17)16-14(18)12-5-3-11(9-15)4-6-12/h3-6,10,13,17H,7-9H2,1-2H3,(H,16,18). The predicted molar refractivity (Wildman–Crippen MR) is 76.9 cm³/mol. The number of benzene rings is 1. The normalized spacial score (nSPS) is 12.5. The van der Waals surface area contributed by atoms with E-state index < -0.39 is 0 Å². The molecule has 0 aliphatic heterocycles. The number of nitrogens with one attached hydrogen (secondary N) is 1. The quantitative estimate of drug-likeness (QED) is 0.793. The number of carbonyl (C=O) groups excluding carboxylic acids is 1. The first-order valence-electron chi connectivity index (χ1n) is 6.15. The Balaban J connectivity index is 2.67. The zero-order valence-corrected chi connectivity index (χ0v) is 12.4. The smallest absolute Gasteiger partial charge is 0.251 e. The van der Waals surface area contributed by atoms with Crippen molar-refractivity contribution in [1.29, 1.82) is 0 Å². The Bertz CT molecular complexity index is 376. The molecule has 100 valence electrons. The second kappa shape index (κ2) is 7.54. The van der Waals surface area contributed by atoms with Gasteiger partial charge in [0.15, 0.2) is 0 Å². The minimum atomic E-state index is -0.0803. The molecule has 1 aromatic carbocycles. The van der Waals surface area contributed by atoms with Crippen LogP contribution in [0, 0.1) is 5.92 Å². The van der Waals surface area contributed by atoms with Crippen molar-refractivity contribution >= 4 is 21.8 Å². The van der Waals surface area contributed by atoms with E-state index in [1.165, 1.54) is 0 Å². The fourth-order valence-electron chi connectivity index (χ4n) is 1.71. The Hall–Kier alpha value is -0.870. The number of hydrogen-bond acceptors (Lipinski definition) is 2. The van der Waals surface area contributed by atoms with Gasteiger partial charge in [0.25, 0.3) is 5.91 Å². The number of aliphatic hydroxyl groups is 1. The van der Waals surface area contributed by atoms with Gasteiger partial charge in [0.1, 0.15) is 0 Å². The highest BCUT2D eigenvalue weighted by atomic mass is 79.9. The number of hydrogen-bond donors (Lipinski definition) is 2. The molecule has 1 amide bonds. The van der Waals surface area contributed by atoms with Crippen LogP contribution in [0.25, 0.3) is 0 Å². The van der Waals surface area contributed by atoms with Crippen molar-refractivity contribution < 1.29 is 9.90 Å². The maximum Gasteiger partial charge on any atom is 0.251 e. The zero-order chi connectivity index (χ0) is 13.5. The van der Waals surface area contributed by atoms with E-state index in [4.69, 9.17) is 5.11 Å². The molecule has 0 bridgehead atoms. The van der Waals surface area contributed by atoms with E-state index in [0.717, 1.165) is 10.9 Å². The molecule has 0 aliphatic rings. The van der Waals surface area contributed by atoms with Gasteiger partial charge in [-0.3, -0.25) is 4.79 Å². The Kier molecular flexibility index (Phi) is 6.36. The van der Waals surface area contributed by atoms with E-state index in [9.17, 15) is 4.79 Å². The molecule has 0 heterocycles. The van der Waals surface area contributed by atoms with Crippen LogP contribution in [0.2, 0.25) is 0 Å². The monoisotopic (exact) mass is 313 g/mol. The predicted octanol–water partition coefficient (Wildman–Crippen LogP) is 2.72. The number of halogens is 1. The summed E-state index contributed by atoms with van der Waals surface area (Å²) < 4.78 is 0. The Morgan fingerprint density at radius 3 is 2.39 bits per heavy atom. The Labute approximate surface area is 117 Å². The lowest BCUT2D eigenvalue weighted by molar-refractivity contribution is 0.0916. The lowest BCUT2D eigenvalue weighted by Gasteiger charge is -2.21. The lowest BCUT2D eigenvalue weighted by Crippen LogP contribution is -2.39. The first kappa shape index (κ1) is 15.2. The second-order valence-electron chi connectivity index (χ2n) is 4.67. The van der Waals surface area contributed by atoms with Gasteiger partial charge >= 0.3 is 0 Å². The summed E-state index contributed by atoms with van der Waals surface area (Å²) in [4.78, 5) is 12.0.